The van der Waals surface area contributed by atoms with Gasteiger partial charge in [-0.15, -0.1) is 0 Å². The third-order valence-corrected chi connectivity index (χ3v) is 7.78. The fraction of sp³-hybridized carbons (Fsp3) is 0. The van der Waals surface area contributed by atoms with Gasteiger partial charge in [0.2, 0.25) is 0 Å². The fourth-order valence-electron chi connectivity index (χ4n) is 4.27. The van der Waals surface area contributed by atoms with E-state index < -0.39 is 34.2 Å². The average Bonchev–Trinajstić information content (AvgIpc) is 2.95. The first-order valence-corrected chi connectivity index (χ1v) is 15.0. The number of carbonyl (C=O) groups is 3. The Labute approximate surface area is 296 Å². The lowest BCUT2D eigenvalue weighted by Gasteiger charge is -2.02. The zero-order chi connectivity index (χ0) is 35.6. The summed E-state index contributed by atoms with van der Waals surface area (Å²) in [5, 5.41) is 28.6. The summed E-state index contributed by atoms with van der Waals surface area (Å²) < 4.78 is 0. The zero-order valence-electron chi connectivity index (χ0n) is 23.3. The summed E-state index contributed by atoms with van der Waals surface area (Å²) in [6, 6.07) is 11.6. The molecule has 246 valence electrons. The van der Waals surface area contributed by atoms with Gasteiger partial charge >= 0.3 is 17.9 Å². The van der Waals surface area contributed by atoms with Gasteiger partial charge in [0.05, 0.1) is 47.8 Å². The highest BCUT2D eigenvalue weighted by Gasteiger charge is 2.13. The maximum absolute atomic E-state index is 11.6. The molecule has 3 heterocycles. The first-order chi connectivity index (χ1) is 22.5. The highest BCUT2D eigenvalue weighted by Crippen LogP contribution is 2.26. The molecule has 0 amide bonds. The Morgan fingerprint density at radius 2 is 0.646 bits per heavy atom. The molecule has 0 radical (unpaired) electrons. The van der Waals surface area contributed by atoms with Crippen molar-refractivity contribution in [3.05, 3.63) is 132 Å². The number of aromatic nitrogens is 3. The van der Waals surface area contributed by atoms with E-state index in [0.29, 0.717) is 31.6 Å². The first kappa shape index (κ1) is 36.3. The second kappa shape index (κ2) is 14.7. The van der Waals surface area contributed by atoms with E-state index in [0.717, 1.165) is 18.2 Å². The van der Waals surface area contributed by atoms with Gasteiger partial charge in [-0.1, -0.05) is 69.6 Å². The van der Waals surface area contributed by atoms with Crippen LogP contribution < -0.4 is 16.3 Å². The SMILES string of the molecule is O=C(O)c1cc(=O)c2c(Cl)cc(Cl)cc2[nH]1.O=C(O)c1cc(=O)c2c(Cl)cc(Cl)cc2[nH]1.O=C(O)c1cc(=O)c2c(Cl)cc(Cl)cc2[nH]1. The summed E-state index contributed by atoms with van der Waals surface area (Å²) in [7, 11) is 0. The molecule has 6 rings (SSSR count). The first-order valence-electron chi connectivity index (χ1n) is 12.7. The maximum Gasteiger partial charge on any atom is 0.352 e. The van der Waals surface area contributed by atoms with Crippen LogP contribution in [0.1, 0.15) is 31.5 Å². The summed E-state index contributed by atoms with van der Waals surface area (Å²) >= 11 is 34.8. The number of pyridine rings is 3. The molecule has 3 aromatic carbocycles. The summed E-state index contributed by atoms with van der Waals surface area (Å²) in [6.07, 6.45) is 0. The Bertz CT molecular complexity index is 2220. The van der Waals surface area contributed by atoms with Crippen molar-refractivity contribution in [3.8, 4) is 0 Å². The minimum atomic E-state index is -1.21. The van der Waals surface area contributed by atoms with Gasteiger partial charge in [-0.2, -0.15) is 0 Å². The second-order valence-corrected chi connectivity index (χ2v) is 12.0. The Morgan fingerprint density at radius 3 is 0.854 bits per heavy atom. The third kappa shape index (κ3) is 8.11. The van der Waals surface area contributed by atoms with Crippen molar-refractivity contribution in [1.29, 1.82) is 0 Å². The molecule has 48 heavy (non-hydrogen) atoms. The Morgan fingerprint density at radius 1 is 0.417 bits per heavy atom. The standard InChI is InChI=1S/3C10H5Cl2NO3/c3*11-4-1-5(12)9-6(2-4)13-7(10(15)16)3-8(9)14/h3*1-3H,(H,13,14)(H,15,16). The predicted molar refractivity (Wildman–Crippen MR) is 185 cm³/mol. The van der Waals surface area contributed by atoms with Crippen molar-refractivity contribution in [2.75, 3.05) is 0 Å². The fourth-order valence-corrected chi connectivity index (χ4v) is 6.03. The van der Waals surface area contributed by atoms with Crippen LogP contribution in [0.4, 0.5) is 0 Å². The number of aromatic carboxylic acids is 3. The number of fused-ring (bicyclic) bond motifs is 3. The largest absolute Gasteiger partial charge is 0.477 e. The molecular formula is C30H15Cl6N3O9. The van der Waals surface area contributed by atoms with Gasteiger partial charge in [-0.3, -0.25) is 14.4 Å². The molecule has 3 aromatic heterocycles. The van der Waals surface area contributed by atoms with Gasteiger partial charge in [0.1, 0.15) is 17.1 Å². The van der Waals surface area contributed by atoms with E-state index in [4.69, 9.17) is 84.9 Å². The number of hydrogen-bond acceptors (Lipinski definition) is 6. The molecule has 0 bridgehead atoms. The number of nitrogens with one attached hydrogen (secondary N) is 3. The van der Waals surface area contributed by atoms with E-state index >= 15 is 0 Å². The van der Waals surface area contributed by atoms with Gasteiger partial charge in [0.25, 0.3) is 0 Å². The highest BCUT2D eigenvalue weighted by atomic mass is 35.5. The van der Waals surface area contributed by atoms with E-state index in [1.165, 1.54) is 36.4 Å². The smallest absolute Gasteiger partial charge is 0.352 e. The molecule has 0 aliphatic rings. The third-order valence-electron chi connectivity index (χ3n) is 6.23. The van der Waals surface area contributed by atoms with Crippen LogP contribution in [-0.2, 0) is 0 Å². The van der Waals surface area contributed by atoms with Crippen LogP contribution in [-0.4, -0.2) is 48.2 Å². The lowest BCUT2D eigenvalue weighted by atomic mass is 10.2. The second-order valence-electron chi connectivity index (χ2n) is 9.49. The van der Waals surface area contributed by atoms with Gasteiger partial charge in [0.15, 0.2) is 16.3 Å². The molecule has 0 unspecified atom stereocenters. The molecule has 0 saturated carbocycles. The number of halogens is 6. The molecule has 0 atom stereocenters. The topological polar surface area (TPSA) is 210 Å². The van der Waals surface area contributed by atoms with Crippen molar-refractivity contribution in [3.63, 3.8) is 0 Å². The van der Waals surface area contributed by atoms with Crippen molar-refractivity contribution in [2.24, 2.45) is 0 Å². The van der Waals surface area contributed by atoms with Crippen molar-refractivity contribution in [2.45, 2.75) is 0 Å². The monoisotopic (exact) mass is 771 g/mol. The summed E-state index contributed by atoms with van der Waals surface area (Å²) in [5.74, 6) is -3.64. The van der Waals surface area contributed by atoms with Crippen LogP contribution in [0.3, 0.4) is 0 Å². The zero-order valence-corrected chi connectivity index (χ0v) is 27.8. The number of carboxylic acid groups (broad SMARTS) is 3. The van der Waals surface area contributed by atoms with E-state index in [9.17, 15) is 28.8 Å². The van der Waals surface area contributed by atoms with Crippen molar-refractivity contribution >= 4 is 120 Å². The lowest BCUT2D eigenvalue weighted by Crippen LogP contribution is -2.09. The van der Waals surface area contributed by atoms with Gasteiger partial charge < -0.3 is 30.3 Å². The molecule has 0 fully saturated rings. The predicted octanol–water partition coefficient (Wildman–Crippen LogP) is 7.60. The number of hydrogen-bond donors (Lipinski definition) is 6. The Balaban J connectivity index is 0.000000163. The van der Waals surface area contributed by atoms with Gasteiger partial charge in [-0.05, 0) is 36.4 Å². The number of H-pyrrole nitrogens is 3. The summed E-state index contributed by atoms with van der Waals surface area (Å²) in [6.45, 7) is 0. The molecule has 18 heteroatoms. The van der Waals surface area contributed by atoms with E-state index in [-0.39, 0.29) is 48.3 Å². The Hall–Kier alpha value is -4.56. The van der Waals surface area contributed by atoms with Crippen LogP contribution in [0.25, 0.3) is 32.7 Å². The molecule has 0 saturated heterocycles. The normalized spacial score (nSPS) is 10.6. The van der Waals surface area contributed by atoms with Crippen molar-refractivity contribution in [1.82, 2.24) is 15.0 Å². The highest BCUT2D eigenvalue weighted by molar-refractivity contribution is 6.39. The molecular weight excluding hydrogens is 759 g/mol. The van der Waals surface area contributed by atoms with E-state index in [1.54, 1.807) is 0 Å². The minimum absolute atomic E-state index is 0.195. The average molecular weight is 774 g/mol. The summed E-state index contributed by atoms with van der Waals surface area (Å²) in [5.41, 5.74) is -1.02. The molecule has 0 aliphatic carbocycles. The summed E-state index contributed by atoms with van der Waals surface area (Å²) in [4.78, 5) is 74.8. The van der Waals surface area contributed by atoms with Crippen LogP contribution in [0.15, 0.2) is 69.0 Å². The Kier molecular flexibility index (Phi) is 11.1. The molecule has 0 aliphatic heterocycles. The van der Waals surface area contributed by atoms with Crippen LogP contribution in [0, 0.1) is 0 Å². The van der Waals surface area contributed by atoms with Crippen LogP contribution in [0.5, 0.6) is 0 Å². The maximum atomic E-state index is 11.6. The lowest BCUT2D eigenvalue weighted by molar-refractivity contribution is 0.0680. The quantitative estimate of drug-likeness (QED) is 0.104. The van der Waals surface area contributed by atoms with Gasteiger partial charge in [-0.25, -0.2) is 14.4 Å². The molecule has 6 N–H and O–H groups in total. The molecule has 0 spiro atoms. The molecule has 12 nitrogen and oxygen atoms in total. The number of rotatable bonds is 3. The van der Waals surface area contributed by atoms with Crippen LogP contribution >= 0.6 is 69.6 Å². The van der Waals surface area contributed by atoms with Crippen molar-refractivity contribution < 1.29 is 29.7 Å². The van der Waals surface area contributed by atoms with E-state index in [1.807, 2.05) is 0 Å². The number of benzene rings is 3. The minimum Gasteiger partial charge on any atom is -0.477 e. The number of carboxylic acids is 3. The molecule has 6 aromatic rings. The van der Waals surface area contributed by atoms with E-state index in [2.05, 4.69) is 15.0 Å². The van der Waals surface area contributed by atoms with Crippen LogP contribution in [0.2, 0.25) is 30.1 Å². The number of aromatic amines is 3. The van der Waals surface area contributed by atoms with Gasteiger partial charge in [0, 0.05) is 33.3 Å².